The van der Waals surface area contributed by atoms with Gasteiger partial charge in [-0.3, -0.25) is 4.79 Å². The summed E-state index contributed by atoms with van der Waals surface area (Å²) in [5, 5.41) is 0. The molecule has 1 atom stereocenters. The normalized spacial score (nSPS) is 17.9. The highest BCUT2D eigenvalue weighted by Gasteiger charge is 2.23. The minimum atomic E-state index is -0.0433. The second-order valence-electron chi connectivity index (χ2n) is 5.02. The number of thiocarbonyl (C=S) groups is 1. The molecule has 3 nitrogen and oxygen atoms in total. The largest absolute Gasteiger partial charge is 0.393 e. The van der Waals surface area contributed by atoms with E-state index in [9.17, 15) is 4.79 Å². The number of carbonyl (C=O) groups excluding carboxylic acids is 1. The van der Waals surface area contributed by atoms with Gasteiger partial charge >= 0.3 is 0 Å². The van der Waals surface area contributed by atoms with Crippen LogP contribution in [0.25, 0.3) is 0 Å². The van der Waals surface area contributed by atoms with E-state index in [1.165, 1.54) is 0 Å². The second kappa shape index (κ2) is 6.66. The quantitative estimate of drug-likeness (QED) is 0.859. The molecule has 0 bridgehead atoms. The molecule has 0 saturated carbocycles. The smallest absolute Gasteiger partial charge is 0.222 e. The first-order valence-electron chi connectivity index (χ1n) is 6.80. The Morgan fingerprint density at radius 2 is 2.00 bits per heavy atom. The lowest BCUT2D eigenvalue weighted by atomic mass is 9.98. The van der Waals surface area contributed by atoms with Crippen LogP contribution in [0.3, 0.4) is 0 Å². The molecular formula is C15H20N2OS. The number of nitrogens with two attached hydrogens (primary N) is 1. The van der Waals surface area contributed by atoms with Crippen molar-refractivity contribution >= 4 is 23.1 Å². The average Bonchev–Trinajstić information content (AvgIpc) is 2.61. The van der Waals surface area contributed by atoms with E-state index in [4.69, 9.17) is 18.0 Å². The molecule has 1 aromatic rings. The van der Waals surface area contributed by atoms with Crippen molar-refractivity contribution in [2.75, 3.05) is 13.1 Å². The van der Waals surface area contributed by atoms with E-state index >= 15 is 0 Å². The zero-order valence-corrected chi connectivity index (χ0v) is 11.9. The highest BCUT2D eigenvalue weighted by molar-refractivity contribution is 7.80. The molecule has 0 aliphatic carbocycles. The van der Waals surface area contributed by atoms with Crippen LogP contribution in [0.15, 0.2) is 30.3 Å². The summed E-state index contributed by atoms with van der Waals surface area (Å²) in [6, 6.07) is 9.96. The summed E-state index contributed by atoms with van der Waals surface area (Å²) in [6.45, 7) is 1.43. The van der Waals surface area contributed by atoms with Crippen LogP contribution < -0.4 is 5.73 Å². The third-order valence-electron chi connectivity index (χ3n) is 3.62. The third-order valence-corrected chi connectivity index (χ3v) is 3.90. The summed E-state index contributed by atoms with van der Waals surface area (Å²) in [6.07, 6.45) is 3.85. The Labute approximate surface area is 119 Å². The van der Waals surface area contributed by atoms with E-state index < -0.39 is 0 Å². The fourth-order valence-electron chi connectivity index (χ4n) is 2.50. The van der Waals surface area contributed by atoms with Crippen molar-refractivity contribution in [3.05, 3.63) is 35.9 Å². The Hall–Kier alpha value is -1.42. The number of likely N-dealkylation sites (tertiary alicyclic amines) is 1. The van der Waals surface area contributed by atoms with Crippen LogP contribution in [0.2, 0.25) is 0 Å². The fraction of sp³-hybridized carbons (Fsp3) is 0.467. The summed E-state index contributed by atoms with van der Waals surface area (Å²) in [7, 11) is 0. The van der Waals surface area contributed by atoms with Gasteiger partial charge in [-0.25, -0.2) is 0 Å². The number of rotatable bonds is 4. The van der Waals surface area contributed by atoms with Crippen molar-refractivity contribution in [3.8, 4) is 0 Å². The topological polar surface area (TPSA) is 46.3 Å². The summed E-state index contributed by atoms with van der Waals surface area (Å²) in [5.74, 6) is 0.188. The molecule has 1 aliphatic heterocycles. The first kappa shape index (κ1) is 14.0. The molecule has 1 saturated heterocycles. The zero-order valence-electron chi connectivity index (χ0n) is 11.0. The van der Waals surface area contributed by atoms with Crippen molar-refractivity contribution < 1.29 is 4.79 Å². The molecular weight excluding hydrogens is 256 g/mol. The molecule has 2 N–H and O–H groups in total. The van der Waals surface area contributed by atoms with Crippen LogP contribution >= 0.6 is 12.2 Å². The highest BCUT2D eigenvalue weighted by Crippen LogP contribution is 2.20. The molecule has 102 valence electrons. The molecule has 0 aromatic heterocycles. The van der Waals surface area contributed by atoms with Crippen LogP contribution in [0.1, 0.15) is 37.2 Å². The molecule has 19 heavy (non-hydrogen) atoms. The number of hydrogen-bond acceptors (Lipinski definition) is 2. The lowest BCUT2D eigenvalue weighted by Gasteiger charge is -2.26. The first-order chi connectivity index (χ1) is 9.18. The fourth-order valence-corrected chi connectivity index (χ4v) is 2.71. The number of carbonyl (C=O) groups is 1. The molecule has 1 amide bonds. The molecule has 0 radical (unpaired) electrons. The van der Waals surface area contributed by atoms with Gasteiger partial charge in [0.1, 0.15) is 0 Å². The second-order valence-corrected chi connectivity index (χ2v) is 5.49. The Morgan fingerprint density at radius 1 is 1.26 bits per heavy atom. The van der Waals surface area contributed by atoms with Crippen molar-refractivity contribution in [2.24, 2.45) is 5.73 Å². The lowest BCUT2D eigenvalue weighted by Crippen LogP contribution is -2.37. The minimum absolute atomic E-state index is 0.0433. The van der Waals surface area contributed by atoms with Gasteiger partial charge in [-0.1, -0.05) is 49.0 Å². The van der Waals surface area contributed by atoms with Crippen LogP contribution in [-0.2, 0) is 4.79 Å². The van der Waals surface area contributed by atoms with Gasteiger partial charge in [-0.2, -0.15) is 0 Å². The van der Waals surface area contributed by atoms with Gasteiger partial charge < -0.3 is 10.6 Å². The molecule has 1 fully saturated rings. The highest BCUT2D eigenvalue weighted by atomic mass is 32.1. The van der Waals surface area contributed by atoms with Crippen LogP contribution in [0, 0.1) is 0 Å². The van der Waals surface area contributed by atoms with Gasteiger partial charge in [0.25, 0.3) is 0 Å². The Bertz CT molecular complexity index is 447. The summed E-state index contributed by atoms with van der Waals surface area (Å²) < 4.78 is 0. The van der Waals surface area contributed by atoms with Crippen molar-refractivity contribution in [1.82, 2.24) is 4.90 Å². The maximum Gasteiger partial charge on any atom is 0.222 e. The van der Waals surface area contributed by atoms with Crippen LogP contribution in [0.4, 0.5) is 0 Å². The van der Waals surface area contributed by atoms with E-state index in [0.29, 0.717) is 18.0 Å². The van der Waals surface area contributed by atoms with Gasteiger partial charge in [0.05, 0.1) is 10.9 Å². The van der Waals surface area contributed by atoms with Crippen LogP contribution in [0.5, 0.6) is 0 Å². The maximum absolute atomic E-state index is 12.0. The van der Waals surface area contributed by atoms with E-state index in [1.54, 1.807) is 0 Å². The van der Waals surface area contributed by atoms with Gasteiger partial charge in [-0.05, 0) is 18.4 Å². The van der Waals surface area contributed by atoms with Gasteiger partial charge in [0.2, 0.25) is 5.91 Å². The van der Waals surface area contributed by atoms with Crippen molar-refractivity contribution in [3.63, 3.8) is 0 Å². The third kappa shape index (κ3) is 3.77. The van der Waals surface area contributed by atoms with Gasteiger partial charge in [0.15, 0.2) is 0 Å². The zero-order chi connectivity index (χ0) is 13.7. The molecule has 4 heteroatoms. The Morgan fingerprint density at radius 3 is 2.68 bits per heavy atom. The molecule has 1 aliphatic rings. The van der Waals surface area contributed by atoms with E-state index in [2.05, 4.69) is 0 Å². The molecule has 1 unspecified atom stereocenters. The van der Waals surface area contributed by atoms with E-state index in [1.807, 2.05) is 35.2 Å². The Balaban J connectivity index is 2.12. The van der Waals surface area contributed by atoms with Gasteiger partial charge in [-0.15, -0.1) is 0 Å². The first-order valence-corrected chi connectivity index (χ1v) is 7.21. The summed E-state index contributed by atoms with van der Waals surface area (Å²) in [5.41, 5.74) is 6.95. The average molecular weight is 276 g/mol. The number of nitrogens with zero attached hydrogens (tertiary/aromatic N) is 1. The molecule has 1 heterocycles. The predicted octanol–water partition coefficient (Wildman–Crippen LogP) is 2.46. The summed E-state index contributed by atoms with van der Waals surface area (Å²) in [4.78, 5) is 14.4. The van der Waals surface area contributed by atoms with Gasteiger partial charge in [0, 0.05) is 19.5 Å². The lowest BCUT2D eigenvalue weighted by molar-refractivity contribution is -0.130. The minimum Gasteiger partial charge on any atom is -0.393 e. The molecule has 2 rings (SSSR count). The predicted molar refractivity (Wildman–Crippen MR) is 81.0 cm³/mol. The number of amides is 1. The SMILES string of the molecule is NC(=S)C(CN1CCCCCC1=O)c1ccccc1. The monoisotopic (exact) mass is 276 g/mol. The van der Waals surface area contributed by atoms with E-state index in [-0.39, 0.29) is 11.8 Å². The molecule has 0 spiro atoms. The number of benzene rings is 1. The van der Waals surface area contributed by atoms with Crippen molar-refractivity contribution in [1.29, 1.82) is 0 Å². The summed E-state index contributed by atoms with van der Waals surface area (Å²) >= 11 is 5.18. The standard InChI is InChI=1S/C15H20N2OS/c16-15(19)13(12-7-3-1-4-8-12)11-17-10-6-2-5-9-14(17)18/h1,3-4,7-8,13H,2,5-6,9-11H2,(H2,16,19). The number of hydrogen-bond donors (Lipinski definition) is 1. The van der Waals surface area contributed by atoms with E-state index in [0.717, 1.165) is 31.4 Å². The maximum atomic E-state index is 12.0. The Kier molecular flexibility index (Phi) is 4.91. The molecule has 1 aromatic carbocycles. The van der Waals surface area contributed by atoms with Crippen LogP contribution in [-0.4, -0.2) is 28.9 Å². The van der Waals surface area contributed by atoms with Crippen molar-refractivity contribution in [2.45, 2.75) is 31.6 Å².